The molecule has 1 aromatic carbocycles. The summed E-state index contributed by atoms with van der Waals surface area (Å²) in [6, 6.07) is 6.49. The first kappa shape index (κ1) is 14.9. The SMILES string of the molecule is CCC/C(=C/N)ON.Fc1ccccc1Br. The van der Waals surface area contributed by atoms with Gasteiger partial charge in [0.2, 0.25) is 0 Å². The minimum absolute atomic E-state index is 0.215. The summed E-state index contributed by atoms with van der Waals surface area (Å²) >= 11 is 3.02. The van der Waals surface area contributed by atoms with Gasteiger partial charge in [-0.15, -0.1) is 0 Å². The Balaban J connectivity index is 0.000000281. The minimum atomic E-state index is -0.215. The lowest BCUT2D eigenvalue weighted by Crippen LogP contribution is -2.00. The van der Waals surface area contributed by atoms with Crippen molar-refractivity contribution in [1.82, 2.24) is 0 Å². The van der Waals surface area contributed by atoms with E-state index in [-0.39, 0.29) is 5.82 Å². The fraction of sp³-hybridized carbons (Fsp3) is 0.273. The summed E-state index contributed by atoms with van der Waals surface area (Å²) in [4.78, 5) is 4.38. The lowest BCUT2D eigenvalue weighted by atomic mass is 10.3. The molecule has 0 aliphatic rings. The highest BCUT2D eigenvalue weighted by Gasteiger charge is 1.91. The van der Waals surface area contributed by atoms with Gasteiger partial charge >= 0.3 is 0 Å². The van der Waals surface area contributed by atoms with Crippen LogP contribution in [0.25, 0.3) is 0 Å². The summed E-state index contributed by atoms with van der Waals surface area (Å²) in [6.07, 6.45) is 3.19. The predicted octanol–water partition coefficient (Wildman–Crippen LogP) is 3.07. The zero-order valence-corrected chi connectivity index (χ0v) is 10.7. The Kier molecular flexibility index (Phi) is 8.56. The minimum Gasteiger partial charge on any atom is -0.414 e. The van der Waals surface area contributed by atoms with E-state index in [1.807, 2.05) is 6.92 Å². The van der Waals surface area contributed by atoms with Crippen molar-refractivity contribution in [3.05, 3.63) is 46.5 Å². The summed E-state index contributed by atoms with van der Waals surface area (Å²) in [6.45, 7) is 2.03. The van der Waals surface area contributed by atoms with Crippen LogP contribution >= 0.6 is 15.9 Å². The Labute approximate surface area is 103 Å². The van der Waals surface area contributed by atoms with E-state index >= 15 is 0 Å². The lowest BCUT2D eigenvalue weighted by Gasteiger charge is -1.98. The molecule has 0 aliphatic heterocycles. The quantitative estimate of drug-likeness (QED) is 0.664. The molecule has 0 unspecified atom stereocenters. The highest BCUT2D eigenvalue weighted by molar-refractivity contribution is 9.10. The molecule has 1 aromatic rings. The molecule has 0 saturated carbocycles. The first-order valence-corrected chi connectivity index (χ1v) is 5.62. The summed E-state index contributed by atoms with van der Waals surface area (Å²) in [7, 11) is 0. The second kappa shape index (κ2) is 9.18. The van der Waals surface area contributed by atoms with Gasteiger partial charge in [-0.1, -0.05) is 19.1 Å². The molecule has 0 bridgehead atoms. The first-order chi connectivity index (χ1) is 7.65. The molecular formula is C11H16BrFN2O. The van der Waals surface area contributed by atoms with Gasteiger partial charge in [0.15, 0.2) is 0 Å². The molecule has 90 valence electrons. The van der Waals surface area contributed by atoms with Crippen LogP contribution in [0.1, 0.15) is 19.8 Å². The number of benzene rings is 1. The summed E-state index contributed by atoms with van der Waals surface area (Å²) < 4.78 is 12.8. The van der Waals surface area contributed by atoms with Crippen LogP contribution in [0.4, 0.5) is 4.39 Å². The molecule has 3 nitrogen and oxygen atoms in total. The Hall–Kier alpha value is -1.07. The van der Waals surface area contributed by atoms with Gasteiger partial charge < -0.3 is 10.6 Å². The van der Waals surface area contributed by atoms with Crippen LogP contribution in [0.15, 0.2) is 40.7 Å². The number of rotatable bonds is 3. The van der Waals surface area contributed by atoms with Gasteiger partial charge in [-0.05, 0) is 34.5 Å². The van der Waals surface area contributed by atoms with Crippen LogP contribution in [-0.2, 0) is 4.84 Å². The average Bonchev–Trinajstić information content (AvgIpc) is 2.31. The zero-order chi connectivity index (χ0) is 12.4. The third kappa shape index (κ3) is 6.42. The van der Waals surface area contributed by atoms with Crippen LogP contribution in [-0.4, -0.2) is 0 Å². The van der Waals surface area contributed by atoms with Crippen molar-refractivity contribution >= 4 is 15.9 Å². The fourth-order valence-electron chi connectivity index (χ4n) is 0.867. The Bertz CT molecular complexity index is 311. The summed E-state index contributed by atoms with van der Waals surface area (Å²) in [5, 5.41) is 0. The second-order valence-electron chi connectivity index (χ2n) is 2.91. The highest BCUT2D eigenvalue weighted by Crippen LogP contribution is 2.12. The molecule has 1 rings (SSSR count). The fourth-order valence-corrected chi connectivity index (χ4v) is 1.15. The van der Waals surface area contributed by atoms with Crippen molar-refractivity contribution in [3.8, 4) is 0 Å². The van der Waals surface area contributed by atoms with Crippen molar-refractivity contribution in [2.75, 3.05) is 0 Å². The van der Waals surface area contributed by atoms with Gasteiger partial charge in [-0.25, -0.2) is 4.39 Å². The van der Waals surface area contributed by atoms with E-state index in [1.165, 1.54) is 12.3 Å². The second-order valence-corrected chi connectivity index (χ2v) is 3.77. The Morgan fingerprint density at radius 2 is 2.12 bits per heavy atom. The van der Waals surface area contributed by atoms with Crippen LogP contribution in [0.5, 0.6) is 0 Å². The molecule has 0 aromatic heterocycles. The maximum absolute atomic E-state index is 12.3. The number of hydrogen-bond donors (Lipinski definition) is 2. The van der Waals surface area contributed by atoms with Crippen molar-refractivity contribution in [2.45, 2.75) is 19.8 Å². The van der Waals surface area contributed by atoms with Crippen LogP contribution in [0, 0.1) is 5.82 Å². The normalized spacial score (nSPS) is 10.4. The zero-order valence-electron chi connectivity index (χ0n) is 9.12. The standard InChI is InChI=1S/C6H4BrF.C5H12N2O/c7-5-3-1-2-4-6(5)8;1-2-3-5(4-6)8-7/h1-4H;4H,2-3,6-7H2,1H3/b;5-4-. The first-order valence-electron chi connectivity index (χ1n) is 4.83. The van der Waals surface area contributed by atoms with Gasteiger partial charge in [0.25, 0.3) is 0 Å². The van der Waals surface area contributed by atoms with E-state index in [1.54, 1.807) is 18.2 Å². The molecule has 0 amide bonds. The molecule has 0 fully saturated rings. The van der Waals surface area contributed by atoms with E-state index in [0.717, 1.165) is 12.8 Å². The predicted molar refractivity (Wildman–Crippen MR) is 66.6 cm³/mol. The summed E-state index contributed by atoms with van der Waals surface area (Å²) in [5.74, 6) is 5.25. The van der Waals surface area contributed by atoms with Gasteiger partial charge in [0.05, 0.1) is 4.47 Å². The van der Waals surface area contributed by atoms with E-state index in [0.29, 0.717) is 10.2 Å². The smallest absolute Gasteiger partial charge is 0.139 e. The molecule has 4 N–H and O–H groups in total. The van der Waals surface area contributed by atoms with E-state index in [2.05, 4.69) is 20.8 Å². The summed E-state index contributed by atoms with van der Waals surface area (Å²) in [5.41, 5.74) is 5.10. The van der Waals surface area contributed by atoms with Crippen molar-refractivity contribution in [3.63, 3.8) is 0 Å². The van der Waals surface area contributed by atoms with Crippen LogP contribution in [0.2, 0.25) is 0 Å². The number of allylic oxidation sites excluding steroid dienone is 1. The number of nitrogens with two attached hydrogens (primary N) is 2. The molecule has 0 heterocycles. The molecule has 0 atom stereocenters. The Morgan fingerprint density at radius 1 is 1.50 bits per heavy atom. The van der Waals surface area contributed by atoms with Crippen LogP contribution in [0.3, 0.4) is 0 Å². The number of hydrogen-bond acceptors (Lipinski definition) is 3. The van der Waals surface area contributed by atoms with Gasteiger partial charge in [-0.3, -0.25) is 0 Å². The molecule has 0 radical (unpaired) electrons. The Morgan fingerprint density at radius 3 is 2.38 bits per heavy atom. The molecule has 5 heteroatoms. The largest absolute Gasteiger partial charge is 0.414 e. The van der Waals surface area contributed by atoms with Crippen molar-refractivity contribution in [2.24, 2.45) is 11.6 Å². The topological polar surface area (TPSA) is 61.3 Å². The maximum Gasteiger partial charge on any atom is 0.139 e. The van der Waals surface area contributed by atoms with Gasteiger partial charge in [0.1, 0.15) is 11.6 Å². The third-order valence-electron chi connectivity index (χ3n) is 1.66. The van der Waals surface area contributed by atoms with E-state index in [4.69, 9.17) is 11.6 Å². The average molecular weight is 291 g/mol. The molecular weight excluding hydrogens is 275 g/mol. The van der Waals surface area contributed by atoms with Crippen molar-refractivity contribution < 1.29 is 9.23 Å². The highest BCUT2D eigenvalue weighted by atomic mass is 79.9. The van der Waals surface area contributed by atoms with Crippen molar-refractivity contribution in [1.29, 1.82) is 0 Å². The monoisotopic (exact) mass is 290 g/mol. The molecule has 0 spiro atoms. The molecule has 16 heavy (non-hydrogen) atoms. The number of halogens is 2. The van der Waals surface area contributed by atoms with E-state index < -0.39 is 0 Å². The molecule has 0 aliphatic carbocycles. The third-order valence-corrected chi connectivity index (χ3v) is 2.30. The van der Waals surface area contributed by atoms with Crippen LogP contribution < -0.4 is 11.6 Å². The lowest BCUT2D eigenvalue weighted by molar-refractivity contribution is 0.208. The maximum atomic E-state index is 12.3. The molecule has 0 saturated heterocycles. The van der Waals surface area contributed by atoms with Gasteiger partial charge in [0, 0.05) is 12.6 Å². The van der Waals surface area contributed by atoms with E-state index in [9.17, 15) is 4.39 Å². The van der Waals surface area contributed by atoms with Gasteiger partial charge in [-0.2, -0.15) is 5.90 Å².